The Morgan fingerprint density at radius 3 is 2.70 bits per heavy atom. The summed E-state index contributed by atoms with van der Waals surface area (Å²) in [7, 11) is 0. The molecule has 0 bridgehead atoms. The second kappa shape index (κ2) is 8.10. The lowest BCUT2D eigenvalue weighted by atomic mass is 10.1. The maximum Gasteiger partial charge on any atom is 0.281 e. The smallest absolute Gasteiger partial charge is 0.281 e. The van der Waals surface area contributed by atoms with Gasteiger partial charge >= 0.3 is 0 Å². The Morgan fingerprint density at radius 1 is 1.12 bits per heavy atom. The SMILES string of the molecule is Cc1[nH]c2ccccc2c1-c1csc(NC(=O)c2nn(-c3ccccc3F)c(C)cc2=O)n1. The van der Waals surface area contributed by atoms with Crippen LogP contribution in [0.4, 0.5) is 9.52 Å². The van der Waals surface area contributed by atoms with Gasteiger partial charge in [0.25, 0.3) is 5.91 Å². The number of halogens is 1. The molecule has 0 atom stereocenters. The molecule has 33 heavy (non-hydrogen) atoms. The lowest BCUT2D eigenvalue weighted by Gasteiger charge is -2.11. The molecular formula is C24H18FN5O2S. The van der Waals surface area contributed by atoms with E-state index in [-0.39, 0.29) is 11.4 Å². The van der Waals surface area contributed by atoms with E-state index in [4.69, 9.17) is 0 Å². The van der Waals surface area contributed by atoms with Crippen molar-refractivity contribution < 1.29 is 9.18 Å². The molecule has 3 aromatic heterocycles. The van der Waals surface area contributed by atoms with E-state index in [0.29, 0.717) is 16.5 Å². The number of aryl methyl sites for hydroxylation is 2. The summed E-state index contributed by atoms with van der Waals surface area (Å²) in [6.07, 6.45) is 0. The van der Waals surface area contributed by atoms with Crippen LogP contribution in [-0.4, -0.2) is 25.7 Å². The van der Waals surface area contributed by atoms with Gasteiger partial charge in [-0.15, -0.1) is 11.3 Å². The second-order valence-corrected chi connectivity index (χ2v) is 8.38. The fourth-order valence-corrected chi connectivity index (χ4v) is 4.48. The Balaban J connectivity index is 1.47. The van der Waals surface area contributed by atoms with E-state index < -0.39 is 17.2 Å². The van der Waals surface area contributed by atoms with E-state index in [1.807, 2.05) is 36.6 Å². The van der Waals surface area contributed by atoms with Crippen LogP contribution in [0.1, 0.15) is 21.9 Å². The normalized spacial score (nSPS) is 11.1. The van der Waals surface area contributed by atoms with Crippen molar-refractivity contribution in [2.45, 2.75) is 13.8 Å². The van der Waals surface area contributed by atoms with Crippen LogP contribution in [0.3, 0.4) is 0 Å². The average molecular weight is 460 g/mol. The highest BCUT2D eigenvalue weighted by Crippen LogP contribution is 2.33. The number of aromatic nitrogens is 4. The minimum Gasteiger partial charge on any atom is -0.358 e. The quantitative estimate of drug-likeness (QED) is 0.402. The lowest BCUT2D eigenvalue weighted by Crippen LogP contribution is -2.27. The van der Waals surface area contributed by atoms with Crippen LogP contribution in [-0.2, 0) is 0 Å². The van der Waals surface area contributed by atoms with Crippen molar-refractivity contribution in [1.82, 2.24) is 19.7 Å². The fraction of sp³-hybridized carbons (Fsp3) is 0.0833. The van der Waals surface area contributed by atoms with Gasteiger partial charge < -0.3 is 4.98 Å². The number of anilines is 1. The highest BCUT2D eigenvalue weighted by atomic mass is 32.1. The maximum absolute atomic E-state index is 14.3. The highest BCUT2D eigenvalue weighted by Gasteiger charge is 2.19. The number of H-pyrrole nitrogens is 1. The Bertz CT molecular complexity index is 1580. The summed E-state index contributed by atoms with van der Waals surface area (Å²) in [6.45, 7) is 3.59. The molecule has 0 aliphatic carbocycles. The van der Waals surface area contributed by atoms with Crippen LogP contribution in [0.5, 0.6) is 0 Å². The molecule has 5 rings (SSSR count). The maximum atomic E-state index is 14.3. The summed E-state index contributed by atoms with van der Waals surface area (Å²) in [5, 5.41) is 10.00. The van der Waals surface area contributed by atoms with Gasteiger partial charge in [-0.25, -0.2) is 14.1 Å². The molecule has 2 aromatic carbocycles. The molecule has 0 saturated heterocycles. The fourth-order valence-electron chi connectivity index (χ4n) is 3.78. The number of carbonyl (C=O) groups is 1. The summed E-state index contributed by atoms with van der Waals surface area (Å²) in [5.41, 5.74) is 3.30. The number of thiazole rings is 1. The standard InChI is InChI=1S/C24H18FN5O2S/c1-13-11-20(31)22(29-30(13)19-10-6-4-8-16(19)25)23(32)28-24-27-18(12-33-24)21-14(2)26-17-9-5-3-7-15(17)21/h3-12,26H,1-2H3,(H,27,28,32). The Labute approximate surface area is 191 Å². The molecule has 0 fully saturated rings. The number of para-hydroxylation sites is 2. The lowest BCUT2D eigenvalue weighted by molar-refractivity contribution is 0.101. The molecule has 7 nitrogen and oxygen atoms in total. The number of hydrogen-bond acceptors (Lipinski definition) is 5. The van der Waals surface area contributed by atoms with Crippen LogP contribution in [0.25, 0.3) is 27.8 Å². The summed E-state index contributed by atoms with van der Waals surface area (Å²) < 4.78 is 15.5. The number of rotatable bonds is 4. The zero-order valence-electron chi connectivity index (χ0n) is 17.7. The predicted octanol–water partition coefficient (Wildman–Crippen LogP) is 4.85. The van der Waals surface area contributed by atoms with E-state index in [1.54, 1.807) is 19.1 Å². The average Bonchev–Trinajstić information content (AvgIpc) is 3.37. The number of amides is 1. The van der Waals surface area contributed by atoms with Gasteiger partial charge in [0.1, 0.15) is 11.5 Å². The van der Waals surface area contributed by atoms with E-state index in [0.717, 1.165) is 22.2 Å². The number of nitrogens with zero attached hydrogens (tertiary/aromatic N) is 3. The van der Waals surface area contributed by atoms with Crippen molar-refractivity contribution in [3.8, 4) is 16.9 Å². The third-order valence-electron chi connectivity index (χ3n) is 5.28. The van der Waals surface area contributed by atoms with Crippen LogP contribution >= 0.6 is 11.3 Å². The molecule has 0 unspecified atom stereocenters. The van der Waals surface area contributed by atoms with Gasteiger partial charge in [0.2, 0.25) is 5.43 Å². The molecule has 164 valence electrons. The third-order valence-corrected chi connectivity index (χ3v) is 6.04. The predicted molar refractivity (Wildman–Crippen MR) is 127 cm³/mol. The first-order valence-electron chi connectivity index (χ1n) is 10.1. The van der Waals surface area contributed by atoms with Crippen LogP contribution in [0.2, 0.25) is 0 Å². The van der Waals surface area contributed by atoms with Crippen molar-refractivity contribution in [1.29, 1.82) is 0 Å². The molecule has 0 saturated carbocycles. The first-order chi connectivity index (χ1) is 15.9. The number of hydrogen-bond donors (Lipinski definition) is 2. The molecule has 0 aliphatic heterocycles. The first kappa shape index (κ1) is 20.8. The molecule has 2 N–H and O–H groups in total. The molecular weight excluding hydrogens is 441 g/mol. The number of carbonyl (C=O) groups excluding carboxylic acids is 1. The summed E-state index contributed by atoms with van der Waals surface area (Å²) in [5.74, 6) is -1.22. The van der Waals surface area contributed by atoms with Gasteiger partial charge in [0.05, 0.1) is 5.69 Å². The topological polar surface area (TPSA) is 92.7 Å². The van der Waals surface area contributed by atoms with Gasteiger partial charge in [-0.2, -0.15) is 5.10 Å². The molecule has 5 aromatic rings. The molecule has 1 amide bonds. The number of nitrogens with one attached hydrogen (secondary N) is 2. The van der Waals surface area contributed by atoms with Crippen molar-refractivity contribution in [3.63, 3.8) is 0 Å². The molecule has 9 heteroatoms. The Kier molecular flexibility index (Phi) is 5.10. The third kappa shape index (κ3) is 3.72. The van der Waals surface area contributed by atoms with Crippen LogP contribution < -0.4 is 10.7 Å². The van der Waals surface area contributed by atoms with E-state index in [9.17, 15) is 14.0 Å². The van der Waals surface area contributed by atoms with Gasteiger partial charge in [-0.1, -0.05) is 30.3 Å². The zero-order valence-corrected chi connectivity index (χ0v) is 18.5. The number of fused-ring (bicyclic) bond motifs is 1. The first-order valence-corrected chi connectivity index (χ1v) is 11.0. The van der Waals surface area contributed by atoms with Gasteiger partial charge in [-0.3, -0.25) is 14.9 Å². The van der Waals surface area contributed by atoms with Crippen molar-refractivity contribution >= 4 is 33.3 Å². The van der Waals surface area contributed by atoms with Crippen molar-refractivity contribution in [2.75, 3.05) is 5.32 Å². The van der Waals surface area contributed by atoms with Gasteiger partial charge in [-0.05, 0) is 32.0 Å². The number of benzene rings is 2. The zero-order chi connectivity index (χ0) is 23.1. The van der Waals surface area contributed by atoms with Crippen LogP contribution in [0, 0.1) is 19.7 Å². The van der Waals surface area contributed by atoms with Crippen molar-refractivity contribution in [2.24, 2.45) is 0 Å². The van der Waals surface area contributed by atoms with Gasteiger partial charge in [0.15, 0.2) is 10.8 Å². The summed E-state index contributed by atoms with van der Waals surface area (Å²) in [6, 6.07) is 15.2. The monoisotopic (exact) mass is 459 g/mol. The summed E-state index contributed by atoms with van der Waals surface area (Å²) in [4.78, 5) is 33.2. The van der Waals surface area contributed by atoms with E-state index in [2.05, 4.69) is 20.4 Å². The minimum absolute atomic E-state index is 0.149. The molecule has 0 aliphatic rings. The second-order valence-electron chi connectivity index (χ2n) is 7.52. The van der Waals surface area contributed by atoms with Crippen molar-refractivity contribution in [3.05, 3.63) is 93.1 Å². The Hall–Kier alpha value is -4.11. The molecule has 3 heterocycles. The van der Waals surface area contributed by atoms with E-state index >= 15 is 0 Å². The molecule has 0 spiro atoms. The van der Waals surface area contributed by atoms with Crippen LogP contribution in [0.15, 0.2) is 64.8 Å². The largest absolute Gasteiger partial charge is 0.358 e. The molecule has 0 radical (unpaired) electrons. The highest BCUT2D eigenvalue weighted by molar-refractivity contribution is 7.14. The number of aromatic amines is 1. The Morgan fingerprint density at radius 2 is 1.88 bits per heavy atom. The van der Waals surface area contributed by atoms with E-state index in [1.165, 1.54) is 34.2 Å². The summed E-state index contributed by atoms with van der Waals surface area (Å²) >= 11 is 1.25. The minimum atomic E-state index is -0.707. The van der Waals surface area contributed by atoms with Gasteiger partial charge in [0, 0.05) is 39.3 Å².